The molecule has 2 heterocycles. The van der Waals surface area contributed by atoms with Crippen molar-refractivity contribution < 1.29 is 4.52 Å². The lowest BCUT2D eigenvalue weighted by atomic mass is 9.88. The summed E-state index contributed by atoms with van der Waals surface area (Å²) in [5, 5.41) is 8.26. The molecular formula is C19H31N3O. The smallest absolute Gasteiger partial charge is 0.140 e. The summed E-state index contributed by atoms with van der Waals surface area (Å²) in [5.74, 6) is 2.08. The summed E-state index contributed by atoms with van der Waals surface area (Å²) < 4.78 is 5.64. The first-order chi connectivity index (χ1) is 11.4. The van der Waals surface area contributed by atoms with Crippen LogP contribution in [0.2, 0.25) is 0 Å². The van der Waals surface area contributed by atoms with Gasteiger partial charge in [-0.3, -0.25) is 4.90 Å². The van der Waals surface area contributed by atoms with E-state index >= 15 is 0 Å². The minimum Gasteiger partial charge on any atom is -0.361 e. The second kappa shape index (κ2) is 7.35. The largest absolute Gasteiger partial charge is 0.361 e. The van der Waals surface area contributed by atoms with Gasteiger partial charge in [0.2, 0.25) is 0 Å². The van der Waals surface area contributed by atoms with Crippen LogP contribution in [0.3, 0.4) is 0 Å². The van der Waals surface area contributed by atoms with Crippen LogP contribution in [0, 0.1) is 5.92 Å². The Morgan fingerprint density at radius 2 is 1.87 bits per heavy atom. The highest BCUT2D eigenvalue weighted by Crippen LogP contribution is 2.27. The molecule has 128 valence electrons. The van der Waals surface area contributed by atoms with Crippen molar-refractivity contribution in [2.24, 2.45) is 5.92 Å². The van der Waals surface area contributed by atoms with Gasteiger partial charge in [0.15, 0.2) is 0 Å². The molecule has 1 atom stereocenters. The van der Waals surface area contributed by atoms with Crippen molar-refractivity contribution in [2.75, 3.05) is 19.6 Å². The van der Waals surface area contributed by atoms with Crippen LogP contribution in [0.5, 0.6) is 0 Å². The fraction of sp³-hybridized carbons (Fsp3) is 0.842. The van der Waals surface area contributed by atoms with Crippen LogP contribution < -0.4 is 5.32 Å². The zero-order valence-electron chi connectivity index (χ0n) is 14.4. The minimum atomic E-state index is 0.626. The van der Waals surface area contributed by atoms with Gasteiger partial charge >= 0.3 is 0 Å². The van der Waals surface area contributed by atoms with Gasteiger partial charge in [0.25, 0.3) is 0 Å². The van der Waals surface area contributed by atoms with Crippen LogP contribution in [0.15, 0.2) is 4.52 Å². The first-order valence-electron chi connectivity index (χ1n) is 9.80. The molecule has 0 spiro atoms. The molecule has 1 aliphatic heterocycles. The number of likely N-dealkylation sites (tertiary alicyclic amines) is 1. The first-order valence-corrected chi connectivity index (χ1v) is 9.80. The van der Waals surface area contributed by atoms with Crippen molar-refractivity contribution in [3.8, 4) is 0 Å². The van der Waals surface area contributed by atoms with Crippen molar-refractivity contribution in [1.82, 2.24) is 15.4 Å². The van der Waals surface area contributed by atoms with E-state index in [1.54, 1.807) is 0 Å². The van der Waals surface area contributed by atoms with E-state index in [-0.39, 0.29) is 0 Å². The molecule has 0 bridgehead atoms. The highest BCUT2D eigenvalue weighted by molar-refractivity contribution is 5.27. The van der Waals surface area contributed by atoms with Gasteiger partial charge in [0.1, 0.15) is 11.5 Å². The summed E-state index contributed by atoms with van der Waals surface area (Å²) in [6.07, 6.45) is 13.2. The van der Waals surface area contributed by atoms with Gasteiger partial charge in [-0.25, -0.2) is 0 Å². The predicted molar refractivity (Wildman–Crippen MR) is 91.4 cm³/mol. The Bertz CT molecular complexity index is 501. The Labute approximate surface area is 140 Å². The molecular weight excluding hydrogens is 286 g/mol. The number of nitrogens with zero attached hydrogens (tertiary/aromatic N) is 2. The summed E-state index contributed by atoms with van der Waals surface area (Å²) >= 11 is 0. The molecule has 1 saturated heterocycles. The summed E-state index contributed by atoms with van der Waals surface area (Å²) in [4.78, 5) is 2.53. The predicted octanol–water partition coefficient (Wildman–Crippen LogP) is 3.30. The van der Waals surface area contributed by atoms with Crippen LogP contribution in [-0.2, 0) is 19.4 Å². The number of nitrogens with one attached hydrogen (secondary N) is 1. The van der Waals surface area contributed by atoms with Crippen molar-refractivity contribution >= 4 is 0 Å². The molecule has 1 aromatic rings. The van der Waals surface area contributed by atoms with Gasteiger partial charge in [-0.05, 0) is 64.1 Å². The van der Waals surface area contributed by atoms with Crippen LogP contribution in [0.1, 0.15) is 68.4 Å². The SMILES string of the molecule is C1CCC(CNC2CCc3onc(CN4CCCC4)c3C2)CC1. The van der Waals surface area contributed by atoms with Crippen LogP contribution in [0.25, 0.3) is 0 Å². The average molecular weight is 317 g/mol. The van der Waals surface area contributed by atoms with Crippen molar-refractivity contribution in [3.63, 3.8) is 0 Å². The van der Waals surface area contributed by atoms with E-state index in [2.05, 4.69) is 15.4 Å². The fourth-order valence-electron chi connectivity index (χ4n) is 4.64. The zero-order valence-corrected chi connectivity index (χ0v) is 14.4. The van der Waals surface area contributed by atoms with E-state index in [0.717, 1.165) is 31.1 Å². The van der Waals surface area contributed by atoms with E-state index in [0.29, 0.717) is 6.04 Å². The van der Waals surface area contributed by atoms with Gasteiger partial charge < -0.3 is 9.84 Å². The summed E-state index contributed by atoms with van der Waals surface area (Å²) in [5.41, 5.74) is 2.63. The van der Waals surface area contributed by atoms with E-state index < -0.39 is 0 Å². The number of aryl methyl sites for hydroxylation is 1. The summed E-state index contributed by atoms with van der Waals surface area (Å²) in [6.45, 7) is 4.66. The van der Waals surface area contributed by atoms with Gasteiger partial charge in [-0.2, -0.15) is 0 Å². The third kappa shape index (κ3) is 3.80. The van der Waals surface area contributed by atoms with Crippen molar-refractivity contribution in [1.29, 1.82) is 0 Å². The average Bonchev–Trinajstić information content (AvgIpc) is 3.24. The Morgan fingerprint density at radius 3 is 2.70 bits per heavy atom. The highest BCUT2D eigenvalue weighted by Gasteiger charge is 2.27. The second-order valence-electron chi connectivity index (χ2n) is 7.87. The Hall–Kier alpha value is -0.870. The maximum absolute atomic E-state index is 5.64. The van der Waals surface area contributed by atoms with Gasteiger partial charge in [-0.15, -0.1) is 0 Å². The standard InChI is InChI=1S/C19H31N3O/c1-2-6-15(7-3-1)13-20-16-8-9-19-17(12-16)18(21-23-19)14-22-10-4-5-11-22/h15-16,20H,1-14H2. The van der Waals surface area contributed by atoms with E-state index in [1.165, 1.54) is 82.3 Å². The second-order valence-corrected chi connectivity index (χ2v) is 7.87. The number of hydrogen-bond donors (Lipinski definition) is 1. The molecule has 1 aromatic heterocycles. The van der Waals surface area contributed by atoms with Gasteiger partial charge in [-0.1, -0.05) is 24.4 Å². The molecule has 0 radical (unpaired) electrons. The van der Waals surface area contributed by atoms with Crippen molar-refractivity contribution in [3.05, 3.63) is 17.0 Å². The fourth-order valence-corrected chi connectivity index (χ4v) is 4.64. The molecule has 3 aliphatic rings. The van der Waals surface area contributed by atoms with E-state index in [4.69, 9.17) is 4.52 Å². The molecule has 1 N–H and O–H groups in total. The molecule has 2 aliphatic carbocycles. The summed E-state index contributed by atoms with van der Waals surface area (Å²) in [7, 11) is 0. The summed E-state index contributed by atoms with van der Waals surface area (Å²) in [6, 6.07) is 0.626. The van der Waals surface area contributed by atoms with Gasteiger partial charge in [0, 0.05) is 24.6 Å². The minimum absolute atomic E-state index is 0.626. The molecule has 0 amide bonds. The molecule has 4 nitrogen and oxygen atoms in total. The molecule has 0 aromatic carbocycles. The van der Waals surface area contributed by atoms with Crippen molar-refractivity contribution in [2.45, 2.75) is 76.8 Å². The molecule has 23 heavy (non-hydrogen) atoms. The van der Waals surface area contributed by atoms with Crippen LogP contribution >= 0.6 is 0 Å². The lowest BCUT2D eigenvalue weighted by Crippen LogP contribution is -2.38. The van der Waals surface area contributed by atoms with E-state index in [1.807, 2.05) is 0 Å². The normalized spacial score (nSPS) is 26.5. The maximum Gasteiger partial charge on any atom is 0.140 e. The van der Waals surface area contributed by atoms with Crippen LogP contribution in [0.4, 0.5) is 0 Å². The number of fused-ring (bicyclic) bond motifs is 1. The first kappa shape index (κ1) is 15.6. The third-order valence-electron chi connectivity index (χ3n) is 6.11. The highest BCUT2D eigenvalue weighted by atomic mass is 16.5. The lowest BCUT2D eigenvalue weighted by molar-refractivity contribution is 0.305. The Morgan fingerprint density at radius 1 is 1.04 bits per heavy atom. The molecule has 1 saturated carbocycles. The Kier molecular flexibility index (Phi) is 5.00. The molecule has 4 rings (SSSR count). The number of aromatic nitrogens is 1. The molecule has 1 unspecified atom stereocenters. The monoisotopic (exact) mass is 317 g/mol. The van der Waals surface area contributed by atoms with Gasteiger partial charge in [0.05, 0.1) is 0 Å². The van der Waals surface area contributed by atoms with Crippen LogP contribution in [-0.4, -0.2) is 35.7 Å². The number of hydrogen-bond acceptors (Lipinski definition) is 4. The lowest BCUT2D eigenvalue weighted by Gasteiger charge is -2.27. The quantitative estimate of drug-likeness (QED) is 0.905. The third-order valence-corrected chi connectivity index (χ3v) is 6.11. The van der Waals surface area contributed by atoms with E-state index in [9.17, 15) is 0 Å². The maximum atomic E-state index is 5.64. The molecule has 4 heteroatoms. The number of rotatable bonds is 5. The Balaban J connectivity index is 1.33. The topological polar surface area (TPSA) is 41.3 Å². The zero-order chi connectivity index (χ0) is 15.5. The molecule has 2 fully saturated rings.